The molecule has 8 heteroatoms. The molecule has 0 amide bonds. The zero-order valence-electron chi connectivity index (χ0n) is 10.7. The van der Waals surface area contributed by atoms with Gasteiger partial charge < -0.3 is 10.4 Å². The lowest BCUT2D eigenvalue weighted by molar-refractivity contribution is -0.143. The third-order valence-electron chi connectivity index (χ3n) is 2.73. The number of aliphatic hydroxyl groups is 1. The van der Waals surface area contributed by atoms with Crippen LogP contribution in [0.15, 0.2) is 18.2 Å². The second-order valence-corrected chi connectivity index (χ2v) is 4.60. The van der Waals surface area contributed by atoms with Crippen LogP contribution in [0.5, 0.6) is 0 Å². The van der Waals surface area contributed by atoms with Gasteiger partial charge in [-0.2, -0.15) is 26.3 Å². The summed E-state index contributed by atoms with van der Waals surface area (Å²) < 4.78 is 75.9. The fourth-order valence-corrected chi connectivity index (χ4v) is 1.71. The number of benzene rings is 1. The molecule has 0 radical (unpaired) electrons. The van der Waals surface area contributed by atoms with E-state index < -0.39 is 34.6 Å². The standard InChI is InChI=1S/C12H13F6NO/c1-10(20,6-19-2)7-3-8(11(13,14)15)5-9(4-7)12(16,17)18/h3-5,19-20H,6H2,1-2H3. The molecule has 0 aromatic heterocycles. The summed E-state index contributed by atoms with van der Waals surface area (Å²) in [6.45, 7) is 0.949. The van der Waals surface area contributed by atoms with Crippen LogP contribution in [0.4, 0.5) is 26.3 Å². The lowest BCUT2D eigenvalue weighted by atomic mass is 9.92. The van der Waals surface area contributed by atoms with Gasteiger partial charge in [0.25, 0.3) is 0 Å². The van der Waals surface area contributed by atoms with E-state index in [2.05, 4.69) is 5.32 Å². The Labute approximate surface area is 111 Å². The van der Waals surface area contributed by atoms with Gasteiger partial charge in [-0.3, -0.25) is 0 Å². The van der Waals surface area contributed by atoms with Crippen molar-refractivity contribution < 1.29 is 31.4 Å². The molecule has 114 valence electrons. The van der Waals surface area contributed by atoms with E-state index in [0.717, 1.165) is 6.92 Å². The number of likely N-dealkylation sites (N-methyl/N-ethyl adjacent to an activating group) is 1. The summed E-state index contributed by atoms with van der Waals surface area (Å²) in [7, 11) is 1.42. The topological polar surface area (TPSA) is 32.3 Å². The van der Waals surface area contributed by atoms with Crippen molar-refractivity contribution >= 4 is 0 Å². The predicted molar refractivity (Wildman–Crippen MR) is 59.9 cm³/mol. The average Bonchev–Trinajstić information content (AvgIpc) is 2.26. The van der Waals surface area contributed by atoms with E-state index in [1.807, 2.05) is 0 Å². The van der Waals surface area contributed by atoms with E-state index in [1.54, 1.807) is 0 Å². The Morgan fingerprint density at radius 2 is 1.25 bits per heavy atom. The third kappa shape index (κ3) is 3.86. The summed E-state index contributed by atoms with van der Waals surface area (Å²) in [5, 5.41) is 12.5. The zero-order chi connectivity index (χ0) is 15.8. The van der Waals surface area contributed by atoms with Crippen molar-refractivity contribution in [3.8, 4) is 0 Å². The molecule has 20 heavy (non-hydrogen) atoms. The average molecular weight is 301 g/mol. The first-order valence-electron chi connectivity index (χ1n) is 5.55. The summed E-state index contributed by atoms with van der Waals surface area (Å²) in [6.07, 6.45) is -9.85. The second kappa shape index (κ2) is 5.25. The van der Waals surface area contributed by atoms with Crippen LogP contribution < -0.4 is 5.32 Å². The normalized spacial score (nSPS) is 16.1. The molecule has 2 nitrogen and oxygen atoms in total. The van der Waals surface area contributed by atoms with E-state index in [-0.39, 0.29) is 12.6 Å². The summed E-state index contributed by atoms with van der Waals surface area (Å²) >= 11 is 0. The van der Waals surface area contributed by atoms with Crippen molar-refractivity contribution in [2.45, 2.75) is 24.9 Å². The monoisotopic (exact) mass is 301 g/mol. The summed E-state index contributed by atoms with van der Waals surface area (Å²) in [5.41, 5.74) is -5.19. The minimum absolute atomic E-state index is 0.0267. The molecule has 0 saturated heterocycles. The van der Waals surface area contributed by atoms with Crippen LogP contribution in [-0.4, -0.2) is 18.7 Å². The van der Waals surface area contributed by atoms with Gasteiger partial charge in [-0.1, -0.05) is 0 Å². The van der Waals surface area contributed by atoms with Crippen LogP contribution in [0.25, 0.3) is 0 Å². The minimum atomic E-state index is -4.92. The van der Waals surface area contributed by atoms with Crippen molar-refractivity contribution in [3.63, 3.8) is 0 Å². The van der Waals surface area contributed by atoms with E-state index in [4.69, 9.17) is 0 Å². The highest BCUT2D eigenvalue weighted by Crippen LogP contribution is 2.38. The van der Waals surface area contributed by atoms with Gasteiger partial charge in [0.2, 0.25) is 0 Å². The molecule has 0 aliphatic rings. The van der Waals surface area contributed by atoms with Gasteiger partial charge in [-0.15, -0.1) is 0 Å². The summed E-state index contributed by atoms with van der Waals surface area (Å²) in [5.74, 6) is 0. The first-order chi connectivity index (χ1) is 8.88. The van der Waals surface area contributed by atoms with E-state index in [1.165, 1.54) is 7.05 Å². The van der Waals surface area contributed by atoms with Crippen LogP contribution in [0.2, 0.25) is 0 Å². The molecule has 0 bridgehead atoms. The molecule has 0 saturated carbocycles. The SMILES string of the molecule is CNCC(C)(O)c1cc(C(F)(F)F)cc(C(F)(F)F)c1. The molecule has 0 spiro atoms. The van der Waals surface area contributed by atoms with E-state index >= 15 is 0 Å². The van der Waals surface area contributed by atoms with Gasteiger partial charge in [-0.05, 0) is 37.7 Å². The molecule has 1 rings (SSSR count). The number of hydrogen-bond acceptors (Lipinski definition) is 2. The molecule has 1 unspecified atom stereocenters. The maximum atomic E-state index is 12.6. The van der Waals surface area contributed by atoms with Crippen molar-refractivity contribution in [1.82, 2.24) is 5.32 Å². The fraction of sp³-hybridized carbons (Fsp3) is 0.500. The number of hydrogen-bond donors (Lipinski definition) is 2. The van der Waals surface area contributed by atoms with Crippen LogP contribution in [-0.2, 0) is 18.0 Å². The molecular formula is C12H13F6NO. The highest BCUT2D eigenvalue weighted by Gasteiger charge is 2.38. The van der Waals surface area contributed by atoms with Gasteiger partial charge in [0, 0.05) is 6.54 Å². The van der Waals surface area contributed by atoms with Crippen LogP contribution in [0.1, 0.15) is 23.6 Å². The molecule has 1 aromatic rings. The fourth-order valence-electron chi connectivity index (χ4n) is 1.71. The molecule has 2 N–H and O–H groups in total. The molecule has 0 aliphatic heterocycles. The zero-order valence-corrected chi connectivity index (χ0v) is 10.7. The smallest absolute Gasteiger partial charge is 0.384 e. The first-order valence-corrected chi connectivity index (χ1v) is 5.55. The summed E-state index contributed by atoms with van der Waals surface area (Å²) in [6, 6.07) is 1.07. The molecule has 1 atom stereocenters. The van der Waals surface area contributed by atoms with Crippen LogP contribution >= 0.6 is 0 Å². The number of nitrogens with one attached hydrogen (secondary N) is 1. The van der Waals surface area contributed by atoms with Crippen molar-refractivity contribution in [2.75, 3.05) is 13.6 Å². The Kier molecular flexibility index (Phi) is 4.40. The van der Waals surface area contributed by atoms with Gasteiger partial charge in [-0.25, -0.2) is 0 Å². The Bertz CT molecular complexity index is 446. The van der Waals surface area contributed by atoms with Crippen LogP contribution in [0.3, 0.4) is 0 Å². The predicted octanol–water partition coefficient (Wildman–Crippen LogP) is 3.15. The number of rotatable bonds is 3. The maximum absolute atomic E-state index is 12.6. The largest absolute Gasteiger partial charge is 0.416 e. The number of alkyl halides is 6. The van der Waals surface area contributed by atoms with Crippen molar-refractivity contribution in [1.29, 1.82) is 0 Å². The lowest BCUT2D eigenvalue weighted by Crippen LogP contribution is -2.34. The molecule has 0 fully saturated rings. The van der Waals surface area contributed by atoms with Gasteiger partial charge in [0.1, 0.15) is 0 Å². The van der Waals surface area contributed by atoms with Gasteiger partial charge in [0.05, 0.1) is 16.7 Å². The first kappa shape index (κ1) is 16.8. The second-order valence-electron chi connectivity index (χ2n) is 4.60. The van der Waals surface area contributed by atoms with E-state index in [9.17, 15) is 31.4 Å². The Morgan fingerprint density at radius 1 is 0.900 bits per heavy atom. The Hall–Kier alpha value is -1.28. The lowest BCUT2D eigenvalue weighted by Gasteiger charge is -2.25. The number of halogens is 6. The highest BCUT2D eigenvalue weighted by molar-refractivity contribution is 5.36. The molecule has 1 aromatic carbocycles. The van der Waals surface area contributed by atoms with E-state index in [0.29, 0.717) is 12.1 Å². The van der Waals surface area contributed by atoms with Crippen LogP contribution in [0, 0.1) is 0 Å². The molecular weight excluding hydrogens is 288 g/mol. The quantitative estimate of drug-likeness (QED) is 0.841. The highest BCUT2D eigenvalue weighted by atomic mass is 19.4. The Morgan fingerprint density at radius 3 is 1.55 bits per heavy atom. The van der Waals surface area contributed by atoms with Gasteiger partial charge in [0.15, 0.2) is 0 Å². The van der Waals surface area contributed by atoms with Gasteiger partial charge >= 0.3 is 12.4 Å². The molecule has 0 heterocycles. The van der Waals surface area contributed by atoms with Crippen molar-refractivity contribution in [2.24, 2.45) is 0 Å². The summed E-state index contributed by atoms with van der Waals surface area (Å²) in [4.78, 5) is 0. The van der Waals surface area contributed by atoms with Crippen molar-refractivity contribution in [3.05, 3.63) is 34.9 Å². The molecule has 0 aliphatic carbocycles. The minimum Gasteiger partial charge on any atom is -0.384 e. The Balaban J connectivity index is 3.46. The third-order valence-corrected chi connectivity index (χ3v) is 2.73. The maximum Gasteiger partial charge on any atom is 0.416 e.